The Hall–Kier alpha value is -4.40. The highest BCUT2D eigenvalue weighted by Gasteiger charge is 2.27. The molecule has 37 heavy (non-hydrogen) atoms. The molecule has 1 aromatic carbocycles. The summed E-state index contributed by atoms with van der Waals surface area (Å²) in [5, 5.41) is 6.44. The fourth-order valence-electron chi connectivity index (χ4n) is 5.95. The van der Waals surface area contributed by atoms with E-state index in [2.05, 4.69) is 33.3 Å². The van der Waals surface area contributed by atoms with Crippen molar-refractivity contribution in [2.45, 2.75) is 31.7 Å². The summed E-state index contributed by atoms with van der Waals surface area (Å²) in [5.41, 5.74) is 7.45. The topological polar surface area (TPSA) is 95.5 Å². The van der Waals surface area contributed by atoms with Gasteiger partial charge in [0.25, 0.3) is 0 Å². The SMILES string of the molecule is COc1ccc(-c2[nH]c3ncc4c(c3c2-c2ccc3c(cnn3C)c2)n(C2CCCC2)c(=O)n4C)cn1. The largest absolute Gasteiger partial charge is 0.481 e. The lowest BCUT2D eigenvalue weighted by molar-refractivity contribution is 0.398. The second kappa shape index (κ2) is 8.06. The molecule has 9 heteroatoms. The van der Waals surface area contributed by atoms with Crippen molar-refractivity contribution in [1.82, 2.24) is 33.9 Å². The van der Waals surface area contributed by atoms with Gasteiger partial charge in [-0.05, 0) is 36.6 Å². The molecule has 0 radical (unpaired) electrons. The van der Waals surface area contributed by atoms with E-state index in [4.69, 9.17) is 9.72 Å². The monoisotopic (exact) mass is 493 g/mol. The molecule has 0 bridgehead atoms. The van der Waals surface area contributed by atoms with Gasteiger partial charge in [-0.1, -0.05) is 18.9 Å². The summed E-state index contributed by atoms with van der Waals surface area (Å²) in [7, 11) is 5.39. The Labute approximate surface area is 212 Å². The lowest BCUT2D eigenvalue weighted by Crippen LogP contribution is -2.24. The fraction of sp³-hybridized carbons (Fsp3) is 0.286. The third-order valence-corrected chi connectivity index (χ3v) is 7.83. The number of nitrogens with one attached hydrogen (secondary N) is 1. The van der Waals surface area contributed by atoms with Gasteiger partial charge in [0.1, 0.15) is 5.65 Å². The number of fused-ring (bicyclic) bond motifs is 4. The maximum atomic E-state index is 13.5. The van der Waals surface area contributed by atoms with Crippen molar-refractivity contribution in [3.63, 3.8) is 0 Å². The zero-order valence-corrected chi connectivity index (χ0v) is 21.0. The first-order chi connectivity index (χ1) is 18.0. The first kappa shape index (κ1) is 21.8. The van der Waals surface area contributed by atoms with Gasteiger partial charge in [-0.2, -0.15) is 5.10 Å². The predicted octanol–water partition coefficient (Wildman–Crippen LogP) is 4.96. The van der Waals surface area contributed by atoms with Gasteiger partial charge >= 0.3 is 5.69 Å². The standard InChI is InChI=1S/C28H27N7O2/c1-33-21-15-30-27-24(26(21)35(28(33)36)19-6-4-5-7-19)23(16-8-10-20-18(12-16)14-31-34(20)2)25(32-27)17-9-11-22(37-3)29-13-17/h8-15,19H,4-7H2,1-3H3,(H,30,32). The van der Waals surface area contributed by atoms with Crippen molar-refractivity contribution >= 4 is 33.0 Å². The molecule has 0 saturated heterocycles. The Morgan fingerprint density at radius 2 is 1.78 bits per heavy atom. The molecule has 186 valence electrons. The number of aromatic amines is 1. The van der Waals surface area contributed by atoms with Crippen LogP contribution in [0.15, 0.2) is 53.7 Å². The number of aryl methyl sites for hydroxylation is 2. The Kier molecular flexibility index (Phi) is 4.76. The zero-order chi connectivity index (χ0) is 25.3. The van der Waals surface area contributed by atoms with Gasteiger partial charge in [-0.3, -0.25) is 13.8 Å². The van der Waals surface area contributed by atoms with E-state index in [1.807, 2.05) is 54.1 Å². The van der Waals surface area contributed by atoms with Crippen LogP contribution in [0.5, 0.6) is 5.88 Å². The molecule has 1 fully saturated rings. The molecule has 9 nitrogen and oxygen atoms in total. The van der Waals surface area contributed by atoms with Crippen molar-refractivity contribution in [2.75, 3.05) is 7.11 Å². The number of benzene rings is 1. The summed E-state index contributed by atoms with van der Waals surface area (Å²) < 4.78 is 10.9. The van der Waals surface area contributed by atoms with Crippen LogP contribution in [0.1, 0.15) is 31.7 Å². The Bertz CT molecular complexity index is 1860. The molecule has 6 aromatic rings. The van der Waals surface area contributed by atoms with E-state index in [1.54, 1.807) is 11.7 Å². The van der Waals surface area contributed by atoms with Gasteiger partial charge in [0.05, 0.1) is 47.1 Å². The highest BCUT2D eigenvalue weighted by Crippen LogP contribution is 2.43. The van der Waals surface area contributed by atoms with E-state index in [0.717, 1.165) is 81.0 Å². The molecule has 1 aliphatic rings. The molecule has 0 amide bonds. The number of hydrogen-bond donors (Lipinski definition) is 1. The number of nitrogens with zero attached hydrogens (tertiary/aromatic N) is 6. The second-order valence-corrected chi connectivity index (χ2v) is 9.87. The van der Waals surface area contributed by atoms with Crippen LogP contribution in [0.3, 0.4) is 0 Å². The highest BCUT2D eigenvalue weighted by atomic mass is 16.5. The number of aromatic nitrogens is 7. The van der Waals surface area contributed by atoms with E-state index < -0.39 is 0 Å². The van der Waals surface area contributed by atoms with Crippen LogP contribution in [-0.2, 0) is 14.1 Å². The maximum absolute atomic E-state index is 13.5. The summed E-state index contributed by atoms with van der Waals surface area (Å²) in [6.07, 6.45) is 9.81. The summed E-state index contributed by atoms with van der Waals surface area (Å²) in [5.74, 6) is 0.553. The fourth-order valence-corrected chi connectivity index (χ4v) is 5.95. The average molecular weight is 494 g/mol. The smallest absolute Gasteiger partial charge is 0.329 e. The Balaban J connectivity index is 1.61. The van der Waals surface area contributed by atoms with Crippen LogP contribution in [0.25, 0.3) is 55.4 Å². The summed E-state index contributed by atoms with van der Waals surface area (Å²) in [6.45, 7) is 0. The molecular formula is C28H27N7O2. The third kappa shape index (κ3) is 3.16. The average Bonchev–Trinajstić information content (AvgIpc) is 3.70. The molecule has 1 saturated carbocycles. The summed E-state index contributed by atoms with van der Waals surface area (Å²) >= 11 is 0. The number of ether oxygens (including phenoxy) is 1. The van der Waals surface area contributed by atoms with Gasteiger partial charge in [0, 0.05) is 48.9 Å². The summed E-state index contributed by atoms with van der Waals surface area (Å²) in [6, 6.07) is 10.4. The van der Waals surface area contributed by atoms with Crippen LogP contribution in [0, 0.1) is 0 Å². The highest BCUT2D eigenvalue weighted by molar-refractivity contribution is 6.14. The van der Waals surface area contributed by atoms with Gasteiger partial charge in [0.15, 0.2) is 0 Å². The minimum atomic E-state index is 0.0127. The van der Waals surface area contributed by atoms with Crippen LogP contribution >= 0.6 is 0 Å². The normalized spacial score (nSPS) is 14.5. The van der Waals surface area contributed by atoms with Crippen molar-refractivity contribution < 1.29 is 4.74 Å². The van der Waals surface area contributed by atoms with Crippen molar-refractivity contribution in [1.29, 1.82) is 0 Å². The summed E-state index contributed by atoms with van der Waals surface area (Å²) in [4.78, 5) is 26.4. The van der Waals surface area contributed by atoms with Gasteiger partial charge in [0.2, 0.25) is 5.88 Å². The van der Waals surface area contributed by atoms with Gasteiger partial charge in [-0.25, -0.2) is 14.8 Å². The first-order valence-corrected chi connectivity index (χ1v) is 12.6. The van der Waals surface area contributed by atoms with Crippen LogP contribution in [0.4, 0.5) is 0 Å². The van der Waals surface area contributed by atoms with Gasteiger partial charge in [-0.15, -0.1) is 0 Å². The van der Waals surface area contributed by atoms with E-state index in [0.29, 0.717) is 5.88 Å². The number of methoxy groups -OCH3 is 1. The quantitative estimate of drug-likeness (QED) is 0.375. The minimum Gasteiger partial charge on any atom is -0.481 e. The number of imidazole rings is 1. The number of hydrogen-bond acceptors (Lipinski definition) is 5. The molecule has 1 N–H and O–H groups in total. The first-order valence-electron chi connectivity index (χ1n) is 12.6. The molecule has 0 atom stereocenters. The maximum Gasteiger partial charge on any atom is 0.329 e. The van der Waals surface area contributed by atoms with Crippen LogP contribution in [-0.4, -0.2) is 41.0 Å². The molecule has 0 aliphatic heterocycles. The second-order valence-electron chi connectivity index (χ2n) is 9.87. The van der Waals surface area contributed by atoms with E-state index in [9.17, 15) is 4.79 Å². The molecule has 1 aliphatic carbocycles. The molecule has 5 heterocycles. The van der Waals surface area contributed by atoms with Crippen molar-refractivity contribution in [3.05, 3.63) is 59.4 Å². The number of H-pyrrole nitrogens is 1. The molecule has 7 rings (SSSR count). The number of pyridine rings is 2. The third-order valence-electron chi connectivity index (χ3n) is 7.83. The zero-order valence-electron chi connectivity index (χ0n) is 21.0. The molecule has 0 spiro atoms. The molecule has 5 aromatic heterocycles. The van der Waals surface area contributed by atoms with Crippen LogP contribution < -0.4 is 10.4 Å². The Morgan fingerprint density at radius 3 is 2.54 bits per heavy atom. The lowest BCUT2D eigenvalue weighted by atomic mass is 9.98. The predicted molar refractivity (Wildman–Crippen MR) is 144 cm³/mol. The van der Waals surface area contributed by atoms with E-state index >= 15 is 0 Å². The van der Waals surface area contributed by atoms with E-state index in [-0.39, 0.29) is 11.7 Å². The van der Waals surface area contributed by atoms with Crippen molar-refractivity contribution in [2.24, 2.45) is 14.1 Å². The molecule has 0 unspecified atom stereocenters. The van der Waals surface area contributed by atoms with Crippen LogP contribution in [0.2, 0.25) is 0 Å². The van der Waals surface area contributed by atoms with Crippen molar-refractivity contribution in [3.8, 4) is 28.3 Å². The minimum absolute atomic E-state index is 0.0127. The number of rotatable bonds is 4. The lowest BCUT2D eigenvalue weighted by Gasteiger charge is -2.13. The Morgan fingerprint density at radius 1 is 0.973 bits per heavy atom. The van der Waals surface area contributed by atoms with Gasteiger partial charge < -0.3 is 9.72 Å². The van der Waals surface area contributed by atoms with E-state index in [1.165, 1.54) is 0 Å². The molecular weight excluding hydrogens is 466 g/mol.